The monoisotopic (exact) mass is 199 g/mol. The predicted molar refractivity (Wildman–Crippen MR) is 61.6 cm³/mol. The summed E-state index contributed by atoms with van der Waals surface area (Å²) in [6.45, 7) is 10.6. The second kappa shape index (κ2) is 5.69. The molecule has 1 rings (SSSR count). The molecule has 84 valence electrons. The van der Waals surface area contributed by atoms with Crippen LogP contribution in [0.3, 0.4) is 0 Å². The molecule has 0 spiro atoms. The maximum Gasteiger partial charge on any atom is 0.0346 e. The SMILES string of the molecule is CC(C)CN(CCN(C)C)C1CNC1. The van der Waals surface area contributed by atoms with E-state index in [1.807, 2.05) is 0 Å². The van der Waals surface area contributed by atoms with Gasteiger partial charge in [-0.2, -0.15) is 0 Å². The van der Waals surface area contributed by atoms with E-state index in [0.29, 0.717) is 0 Å². The Morgan fingerprint density at radius 3 is 2.21 bits per heavy atom. The highest BCUT2D eigenvalue weighted by atomic mass is 15.2. The first-order valence-electron chi connectivity index (χ1n) is 5.69. The maximum atomic E-state index is 3.35. The highest BCUT2D eigenvalue weighted by molar-refractivity contribution is 4.85. The van der Waals surface area contributed by atoms with E-state index >= 15 is 0 Å². The van der Waals surface area contributed by atoms with E-state index in [1.54, 1.807) is 0 Å². The van der Waals surface area contributed by atoms with Gasteiger partial charge in [0.05, 0.1) is 0 Å². The first-order chi connectivity index (χ1) is 6.59. The Morgan fingerprint density at radius 1 is 1.21 bits per heavy atom. The van der Waals surface area contributed by atoms with Crippen LogP contribution in [0.2, 0.25) is 0 Å². The lowest BCUT2D eigenvalue weighted by atomic mass is 10.1. The van der Waals surface area contributed by atoms with Crippen LogP contribution in [0.15, 0.2) is 0 Å². The molecule has 0 radical (unpaired) electrons. The summed E-state index contributed by atoms with van der Waals surface area (Å²) in [5.41, 5.74) is 0. The highest BCUT2D eigenvalue weighted by Gasteiger charge is 2.24. The molecule has 0 aromatic carbocycles. The van der Waals surface area contributed by atoms with Gasteiger partial charge in [0, 0.05) is 38.8 Å². The van der Waals surface area contributed by atoms with Crippen LogP contribution in [0.5, 0.6) is 0 Å². The van der Waals surface area contributed by atoms with Crippen LogP contribution >= 0.6 is 0 Å². The normalized spacial score (nSPS) is 18.2. The van der Waals surface area contributed by atoms with Crippen molar-refractivity contribution in [1.82, 2.24) is 15.1 Å². The minimum Gasteiger partial charge on any atom is -0.314 e. The van der Waals surface area contributed by atoms with Gasteiger partial charge in [0.25, 0.3) is 0 Å². The van der Waals surface area contributed by atoms with Gasteiger partial charge in [-0.3, -0.25) is 4.90 Å². The van der Waals surface area contributed by atoms with Crippen LogP contribution in [-0.2, 0) is 0 Å². The van der Waals surface area contributed by atoms with Crippen molar-refractivity contribution in [2.75, 3.05) is 46.8 Å². The fourth-order valence-corrected chi connectivity index (χ4v) is 1.75. The number of rotatable bonds is 6. The van der Waals surface area contributed by atoms with E-state index in [0.717, 1.165) is 12.0 Å². The lowest BCUT2D eigenvalue weighted by molar-refractivity contribution is 0.120. The molecule has 0 atom stereocenters. The zero-order valence-corrected chi connectivity index (χ0v) is 10.1. The zero-order valence-electron chi connectivity index (χ0n) is 10.1. The zero-order chi connectivity index (χ0) is 10.6. The van der Waals surface area contributed by atoms with Gasteiger partial charge in [0.15, 0.2) is 0 Å². The largest absolute Gasteiger partial charge is 0.314 e. The molecule has 0 amide bonds. The lowest BCUT2D eigenvalue weighted by Gasteiger charge is -2.39. The van der Waals surface area contributed by atoms with Crippen molar-refractivity contribution in [2.24, 2.45) is 5.92 Å². The summed E-state index contributed by atoms with van der Waals surface area (Å²) in [6.07, 6.45) is 0. The van der Waals surface area contributed by atoms with E-state index in [4.69, 9.17) is 0 Å². The van der Waals surface area contributed by atoms with Crippen molar-refractivity contribution in [3.05, 3.63) is 0 Å². The Hall–Kier alpha value is -0.120. The number of nitrogens with one attached hydrogen (secondary N) is 1. The molecule has 1 saturated heterocycles. The molecule has 0 saturated carbocycles. The van der Waals surface area contributed by atoms with Gasteiger partial charge in [-0.15, -0.1) is 0 Å². The fourth-order valence-electron chi connectivity index (χ4n) is 1.75. The summed E-state index contributed by atoms with van der Waals surface area (Å²) < 4.78 is 0. The van der Waals surface area contributed by atoms with Crippen molar-refractivity contribution in [3.8, 4) is 0 Å². The van der Waals surface area contributed by atoms with Crippen molar-refractivity contribution in [2.45, 2.75) is 19.9 Å². The smallest absolute Gasteiger partial charge is 0.0346 e. The minimum absolute atomic E-state index is 0.776. The fraction of sp³-hybridized carbons (Fsp3) is 1.00. The average Bonchev–Trinajstić information content (AvgIpc) is 1.95. The van der Waals surface area contributed by atoms with Gasteiger partial charge in [-0.25, -0.2) is 0 Å². The average molecular weight is 199 g/mol. The maximum absolute atomic E-state index is 3.35. The number of nitrogens with zero attached hydrogens (tertiary/aromatic N) is 2. The number of likely N-dealkylation sites (N-methyl/N-ethyl adjacent to an activating group) is 1. The van der Waals surface area contributed by atoms with Crippen molar-refractivity contribution < 1.29 is 0 Å². The highest BCUT2D eigenvalue weighted by Crippen LogP contribution is 2.08. The molecule has 1 heterocycles. The van der Waals surface area contributed by atoms with Gasteiger partial charge in [0.1, 0.15) is 0 Å². The van der Waals surface area contributed by atoms with E-state index < -0.39 is 0 Å². The number of hydrogen-bond acceptors (Lipinski definition) is 3. The molecule has 0 unspecified atom stereocenters. The molecular formula is C11H25N3. The Balaban J connectivity index is 2.28. The van der Waals surface area contributed by atoms with Crippen LogP contribution in [0, 0.1) is 5.92 Å². The minimum atomic E-state index is 0.776. The molecule has 1 N–H and O–H groups in total. The second-order valence-corrected chi connectivity index (χ2v) is 5.00. The van der Waals surface area contributed by atoms with E-state index in [2.05, 4.69) is 43.1 Å². The topological polar surface area (TPSA) is 18.5 Å². The molecule has 0 bridgehead atoms. The van der Waals surface area contributed by atoms with Crippen LogP contribution in [0.4, 0.5) is 0 Å². The molecule has 3 nitrogen and oxygen atoms in total. The molecular weight excluding hydrogens is 174 g/mol. The summed E-state index contributed by atoms with van der Waals surface area (Å²) >= 11 is 0. The van der Waals surface area contributed by atoms with Crippen LogP contribution in [0.25, 0.3) is 0 Å². The molecule has 0 aromatic heterocycles. The first-order valence-corrected chi connectivity index (χ1v) is 5.69. The molecule has 1 aliphatic heterocycles. The summed E-state index contributed by atoms with van der Waals surface area (Å²) in [5, 5.41) is 3.35. The summed E-state index contributed by atoms with van der Waals surface area (Å²) in [6, 6.07) is 0.789. The molecule has 1 fully saturated rings. The predicted octanol–water partition coefficient (Wildman–Crippen LogP) is 0.478. The molecule has 0 aliphatic carbocycles. The van der Waals surface area contributed by atoms with E-state index in [9.17, 15) is 0 Å². The quantitative estimate of drug-likeness (QED) is 0.671. The molecule has 0 aromatic rings. The Kier molecular flexibility index (Phi) is 4.85. The van der Waals surface area contributed by atoms with Crippen molar-refractivity contribution >= 4 is 0 Å². The van der Waals surface area contributed by atoms with Crippen molar-refractivity contribution in [1.29, 1.82) is 0 Å². The van der Waals surface area contributed by atoms with E-state index in [-0.39, 0.29) is 0 Å². The molecule has 3 heteroatoms. The summed E-state index contributed by atoms with van der Waals surface area (Å²) in [5.74, 6) is 0.776. The van der Waals surface area contributed by atoms with Gasteiger partial charge >= 0.3 is 0 Å². The third kappa shape index (κ3) is 3.95. The Morgan fingerprint density at radius 2 is 1.86 bits per heavy atom. The second-order valence-electron chi connectivity index (χ2n) is 5.00. The summed E-state index contributed by atoms with van der Waals surface area (Å²) in [7, 11) is 4.29. The van der Waals surface area contributed by atoms with Crippen molar-refractivity contribution in [3.63, 3.8) is 0 Å². The first kappa shape index (κ1) is 12.0. The standard InChI is InChI=1S/C11H25N3/c1-10(2)9-14(6-5-13(3)4)11-7-12-8-11/h10-12H,5-9H2,1-4H3. The van der Waals surface area contributed by atoms with Crippen LogP contribution in [0.1, 0.15) is 13.8 Å². The Labute approximate surface area is 88.5 Å². The van der Waals surface area contributed by atoms with Gasteiger partial charge in [-0.1, -0.05) is 13.8 Å². The lowest BCUT2D eigenvalue weighted by Crippen LogP contribution is -2.58. The van der Waals surface area contributed by atoms with Crippen LogP contribution in [-0.4, -0.2) is 62.7 Å². The molecule has 1 aliphatic rings. The van der Waals surface area contributed by atoms with E-state index in [1.165, 1.54) is 32.7 Å². The Bertz CT molecular complexity index is 153. The van der Waals surface area contributed by atoms with Gasteiger partial charge in [-0.05, 0) is 20.0 Å². The van der Waals surface area contributed by atoms with Gasteiger partial charge < -0.3 is 10.2 Å². The number of hydrogen-bond donors (Lipinski definition) is 1. The third-order valence-electron chi connectivity index (χ3n) is 2.71. The van der Waals surface area contributed by atoms with Crippen LogP contribution < -0.4 is 5.32 Å². The summed E-state index contributed by atoms with van der Waals surface area (Å²) in [4.78, 5) is 4.89. The third-order valence-corrected chi connectivity index (χ3v) is 2.71. The molecule has 14 heavy (non-hydrogen) atoms. The van der Waals surface area contributed by atoms with Gasteiger partial charge in [0.2, 0.25) is 0 Å².